The second-order valence-corrected chi connectivity index (χ2v) is 7.90. The van der Waals surface area contributed by atoms with E-state index < -0.39 is 0 Å². The molecule has 1 aliphatic rings. The van der Waals surface area contributed by atoms with Gasteiger partial charge in [0.15, 0.2) is 0 Å². The summed E-state index contributed by atoms with van der Waals surface area (Å²) < 4.78 is 0. The molecule has 0 radical (unpaired) electrons. The number of fused-ring (bicyclic) bond motifs is 1. The molecule has 3 aromatic rings. The number of nitrogens with two attached hydrogens (primary N) is 1. The van der Waals surface area contributed by atoms with Crippen LogP contribution in [0, 0.1) is 0 Å². The van der Waals surface area contributed by atoms with E-state index in [-0.39, 0.29) is 17.9 Å². The van der Waals surface area contributed by atoms with Crippen molar-refractivity contribution in [2.24, 2.45) is 0 Å². The van der Waals surface area contributed by atoms with Crippen molar-refractivity contribution in [2.75, 3.05) is 13.1 Å². The molecule has 0 fully saturated rings. The molecule has 0 spiro atoms. The summed E-state index contributed by atoms with van der Waals surface area (Å²) in [6.07, 6.45) is 1.02. The maximum absolute atomic E-state index is 12.5. The van der Waals surface area contributed by atoms with Crippen molar-refractivity contribution in [3.05, 3.63) is 93.2 Å². The SMILES string of the molecule is CCc1ccc([C@H]([NH2+]CCN2C(=O)c3ccccc3C2=O)c2cccs2)cc1. The minimum atomic E-state index is -0.186. The lowest BCUT2D eigenvalue weighted by molar-refractivity contribution is -0.685. The van der Waals surface area contributed by atoms with Crippen LogP contribution in [0.2, 0.25) is 0 Å². The van der Waals surface area contributed by atoms with Crippen molar-refractivity contribution in [2.45, 2.75) is 19.4 Å². The number of hydrogen-bond acceptors (Lipinski definition) is 3. The zero-order valence-electron chi connectivity index (χ0n) is 15.8. The van der Waals surface area contributed by atoms with Crippen LogP contribution in [-0.4, -0.2) is 29.8 Å². The van der Waals surface area contributed by atoms with E-state index in [1.807, 2.05) is 0 Å². The first-order valence-corrected chi connectivity index (χ1v) is 10.5. The Morgan fingerprint density at radius 3 is 2.18 bits per heavy atom. The van der Waals surface area contributed by atoms with Gasteiger partial charge in [-0.25, -0.2) is 0 Å². The maximum atomic E-state index is 12.5. The molecule has 0 aliphatic carbocycles. The normalized spacial score (nSPS) is 14.4. The number of thiophene rings is 1. The van der Waals surface area contributed by atoms with Crippen molar-refractivity contribution in [3.8, 4) is 0 Å². The van der Waals surface area contributed by atoms with Gasteiger partial charge in [0.2, 0.25) is 0 Å². The average Bonchev–Trinajstić information content (AvgIpc) is 3.35. The number of imide groups is 1. The fraction of sp³-hybridized carbons (Fsp3) is 0.217. The Balaban J connectivity index is 1.47. The van der Waals surface area contributed by atoms with Crippen LogP contribution < -0.4 is 5.32 Å². The predicted octanol–water partition coefficient (Wildman–Crippen LogP) is 3.26. The number of benzene rings is 2. The standard InChI is InChI=1S/C23H22N2O2S/c1-2-16-9-11-17(12-10-16)21(20-8-5-15-28-20)24-13-14-25-22(26)18-6-3-4-7-19(18)23(25)27/h3-12,15,21,24H,2,13-14H2,1H3/p+1/t21-/m0/s1. The fourth-order valence-electron chi connectivity index (χ4n) is 3.66. The molecule has 2 heterocycles. The molecule has 1 aliphatic heterocycles. The van der Waals surface area contributed by atoms with Crippen LogP contribution in [0.4, 0.5) is 0 Å². The topological polar surface area (TPSA) is 54.0 Å². The molecule has 0 bridgehead atoms. The van der Waals surface area contributed by atoms with Gasteiger partial charge in [-0.2, -0.15) is 0 Å². The molecule has 4 rings (SSSR count). The molecule has 1 aromatic heterocycles. The maximum Gasteiger partial charge on any atom is 0.261 e. The Labute approximate surface area is 168 Å². The molecule has 1 atom stereocenters. The largest absolute Gasteiger partial charge is 0.334 e. The summed E-state index contributed by atoms with van der Waals surface area (Å²) in [5.41, 5.74) is 3.58. The molecule has 5 heteroatoms. The molecule has 0 saturated heterocycles. The van der Waals surface area contributed by atoms with E-state index in [1.165, 1.54) is 20.9 Å². The highest BCUT2D eigenvalue weighted by Gasteiger charge is 2.35. The number of aryl methyl sites for hydroxylation is 1. The van der Waals surface area contributed by atoms with Crippen molar-refractivity contribution < 1.29 is 14.9 Å². The van der Waals surface area contributed by atoms with Crippen LogP contribution in [0.15, 0.2) is 66.0 Å². The van der Waals surface area contributed by atoms with Gasteiger partial charge in [-0.3, -0.25) is 14.5 Å². The van der Waals surface area contributed by atoms with Crippen LogP contribution in [0.3, 0.4) is 0 Å². The first-order chi connectivity index (χ1) is 13.7. The second-order valence-electron chi connectivity index (χ2n) is 6.92. The van der Waals surface area contributed by atoms with Gasteiger partial charge < -0.3 is 5.32 Å². The van der Waals surface area contributed by atoms with Gasteiger partial charge in [0.25, 0.3) is 11.8 Å². The molecule has 2 aromatic carbocycles. The molecule has 2 N–H and O–H groups in total. The summed E-state index contributed by atoms with van der Waals surface area (Å²) in [4.78, 5) is 27.7. The number of carbonyl (C=O) groups excluding carboxylic acids is 2. The van der Waals surface area contributed by atoms with Gasteiger partial charge in [0, 0.05) is 5.56 Å². The van der Waals surface area contributed by atoms with Crippen molar-refractivity contribution in [1.29, 1.82) is 0 Å². The zero-order chi connectivity index (χ0) is 19.5. The number of carbonyl (C=O) groups is 2. The van der Waals surface area contributed by atoms with Gasteiger partial charge in [-0.15, -0.1) is 11.3 Å². The van der Waals surface area contributed by atoms with E-state index in [0.717, 1.165) is 6.42 Å². The third kappa shape index (κ3) is 3.51. The Hall–Kier alpha value is -2.76. The summed E-state index contributed by atoms with van der Waals surface area (Å²) in [6.45, 7) is 3.21. The van der Waals surface area contributed by atoms with Crippen LogP contribution in [0.1, 0.15) is 49.7 Å². The monoisotopic (exact) mass is 391 g/mol. The predicted molar refractivity (Wildman–Crippen MR) is 111 cm³/mol. The zero-order valence-corrected chi connectivity index (χ0v) is 16.6. The molecule has 2 amide bonds. The molecule has 28 heavy (non-hydrogen) atoms. The third-order valence-electron chi connectivity index (χ3n) is 5.23. The third-order valence-corrected chi connectivity index (χ3v) is 6.19. The van der Waals surface area contributed by atoms with Gasteiger partial charge in [0.1, 0.15) is 6.04 Å². The summed E-state index contributed by atoms with van der Waals surface area (Å²) in [5, 5.41) is 4.30. The summed E-state index contributed by atoms with van der Waals surface area (Å²) in [5.74, 6) is -0.372. The fourth-order valence-corrected chi connectivity index (χ4v) is 4.51. The van der Waals surface area contributed by atoms with E-state index in [0.29, 0.717) is 24.2 Å². The van der Waals surface area contributed by atoms with Crippen LogP contribution >= 0.6 is 11.3 Å². The smallest absolute Gasteiger partial charge is 0.261 e. The van der Waals surface area contributed by atoms with Crippen molar-refractivity contribution in [3.63, 3.8) is 0 Å². The summed E-state index contributed by atoms with van der Waals surface area (Å²) in [6, 6.07) is 20.1. The van der Waals surface area contributed by atoms with Gasteiger partial charge in [0.05, 0.1) is 29.1 Å². The van der Waals surface area contributed by atoms with E-state index in [9.17, 15) is 9.59 Å². The first-order valence-electron chi connectivity index (χ1n) is 9.60. The lowest BCUT2D eigenvalue weighted by Gasteiger charge is -2.18. The lowest BCUT2D eigenvalue weighted by Crippen LogP contribution is -2.86. The van der Waals surface area contributed by atoms with Crippen LogP contribution in [0.25, 0.3) is 0 Å². The Morgan fingerprint density at radius 2 is 1.61 bits per heavy atom. The number of quaternary nitrogens is 1. The van der Waals surface area contributed by atoms with Crippen LogP contribution in [-0.2, 0) is 6.42 Å². The molecule has 0 unspecified atom stereocenters. The Kier molecular flexibility index (Phi) is 5.37. The number of rotatable bonds is 7. The minimum Gasteiger partial charge on any atom is -0.334 e. The molecular formula is C23H23N2O2S+. The Morgan fingerprint density at radius 1 is 0.929 bits per heavy atom. The van der Waals surface area contributed by atoms with Crippen molar-refractivity contribution >= 4 is 23.2 Å². The number of hydrogen-bond donors (Lipinski definition) is 1. The molecular weight excluding hydrogens is 368 g/mol. The summed E-state index contributed by atoms with van der Waals surface area (Å²) >= 11 is 1.73. The Bertz CT molecular complexity index is 945. The number of nitrogens with zero attached hydrogens (tertiary/aromatic N) is 1. The highest BCUT2D eigenvalue weighted by Crippen LogP contribution is 2.24. The summed E-state index contributed by atoms with van der Waals surface area (Å²) in [7, 11) is 0. The minimum absolute atomic E-state index is 0.168. The van der Waals surface area contributed by atoms with Crippen LogP contribution in [0.5, 0.6) is 0 Å². The first kappa shape index (κ1) is 18.6. The van der Waals surface area contributed by atoms with Crippen molar-refractivity contribution in [1.82, 2.24) is 4.90 Å². The number of amides is 2. The van der Waals surface area contributed by atoms with Gasteiger partial charge >= 0.3 is 0 Å². The molecule has 4 nitrogen and oxygen atoms in total. The van der Waals surface area contributed by atoms with E-state index >= 15 is 0 Å². The van der Waals surface area contributed by atoms with E-state index in [4.69, 9.17) is 0 Å². The van der Waals surface area contributed by atoms with Gasteiger partial charge in [-0.05, 0) is 35.6 Å². The molecule has 142 valence electrons. The average molecular weight is 392 g/mol. The highest BCUT2D eigenvalue weighted by atomic mass is 32.1. The lowest BCUT2D eigenvalue weighted by atomic mass is 10.0. The van der Waals surface area contributed by atoms with E-state index in [1.54, 1.807) is 35.6 Å². The van der Waals surface area contributed by atoms with E-state index in [2.05, 4.69) is 54.0 Å². The highest BCUT2D eigenvalue weighted by molar-refractivity contribution is 7.10. The quantitative estimate of drug-likeness (QED) is 0.629. The second kappa shape index (κ2) is 8.09. The molecule has 0 saturated carbocycles. The van der Waals surface area contributed by atoms with Gasteiger partial charge in [-0.1, -0.05) is 49.4 Å².